The van der Waals surface area contributed by atoms with E-state index in [1.165, 1.54) is 12.1 Å². The summed E-state index contributed by atoms with van der Waals surface area (Å²) in [6, 6.07) is 4.09. The first-order valence-electron chi connectivity index (χ1n) is 9.90. The fourth-order valence-corrected chi connectivity index (χ4v) is 3.31. The molecule has 0 radical (unpaired) electrons. The van der Waals surface area contributed by atoms with E-state index in [1.54, 1.807) is 6.07 Å². The zero-order valence-electron chi connectivity index (χ0n) is 16.5. The minimum absolute atomic E-state index is 0.00693. The van der Waals surface area contributed by atoms with Gasteiger partial charge in [-0.1, -0.05) is 0 Å². The average Bonchev–Trinajstić information content (AvgIpc) is 3.46. The van der Waals surface area contributed by atoms with Gasteiger partial charge in [-0.25, -0.2) is 9.37 Å². The Morgan fingerprint density at radius 2 is 1.83 bits per heavy atom. The van der Waals surface area contributed by atoms with Crippen LogP contribution in [-0.2, 0) is 6.18 Å². The molecule has 2 aliphatic rings. The van der Waals surface area contributed by atoms with E-state index in [1.807, 2.05) is 7.05 Å². The lowest BCUT2D eigenvalue weighted by atomic mass is 10.1. The maximum atomic E-state index is 14.1. The number of piperidine rings is 1. The molecule has 1 aromatic carbocycles. The third-order valence-electron chi connectivity index (χ3n) is 5.11. The molecular formula is C20H23F4N5O. The van der Waals surface area contributed by atoms with Crippen LogP contribution in [0.2, 0.25) is 0 Å². The molecule has 1 saturated heterocycles. The number of hydrogen-bond donors (Lipinski definition) is 2. The molecule has 0 spiro atoms. The first-order valence-corrected chi connectivity index (χ1v) is 9.90. The highest BCUT2D eigenvalue weighted by atomic mass is 19.4. The summed E-state index contributed by atoms with van der Waals surface area (Å²) in [6.45, 7) is 1.81. The monoisotopic (exact) mass is 425 g/mol. The largest absolute Gasteiger partial charge is 0.490 e. The molecule has 1 saturated carbocycles. The highest BCUT2D eigenvalue weighted by molar-refractivity contribution is 5.59. The molecule has 30 heavy (non-hydrogen) atoms. The molecule has 2 fully saturated rings. The Bertz CT molecular complexity index is 895. The minimum Gasteiger partial charge on any atom is -0.490 e. The SMILES string of the molecule is CN1CCC(Oc2cc(F)cc(Nc3ncc(C(F)(F)F)c(NC4CC4)n3)c2)CC1. The van der Waals surface area contributed by atoms with Crippen LogP contribution in [0.1, 0.15) is 31.2 Å². The zero-order chi connectivity index (χ0) is 21.3. The van der Waals surface area contributed by atoms with Crippen molar-refractivity contribution in [2.75, 3.05) is 30.8 Å². The summed E-state index contributed by atoms with van der Waals surface area (Å²) in [5.74, 6) is -0.495. The first kappa shape index (κ1) is 20.6. The van der Waals surface area contributed by atoms with Gasteiger partial charge in [-0.15, -0.1) is 0 Å². The molecule has 10 heteroatoms. The van der Waals surface area contributed by atoms with E-state index in [4.69, 9.17) is 4.74 Å². The maximum absolute atomic E-state index is 14.1. The lowest BCUT2D eigenvalue weighted by molar-refractivity contribution is -0.137. The van der Waals surface area contributed by atoms with E-state index in [-0.39, 0.29) is 23.9 Å². The van der Waals surface area contributed by atoms with Crippen LogP contribution in [0.25, 0.3) is 0 Å². The third kappa shape index (κ3) is 5.29. The van der Waals surface area contributed by atoms with Crippen LogP contribution in [0.3, 0.4) is 0 Å². The van der Waals surface area contributed by atoms with Gasteiger partial charge in [-0.2, -0.15) is 18.2 Å². The summed E-state index contributed by atoms with van der Waals surface area (Å²) in [5.41, 5.74) is -0.625. The predicted molar refractivity (Wildman–Crippen MR) is 105 cm³/mol. The summed E-state index contributed by atoms with van der Waals surface area (Å²) in [6.07, 6.45) is -0.564. The van der Waals surface area contributed by atoms with Gasteiger partial charge in [-0.3, -0.25) is 0 Å². The van der Waals surface area contributed by atoms with E-state index < -0.39 is 17.6 Å². The van der Waals surface area contributed by atoms with Crippen LogP contribution in [-0.4, -0.2) is 47.2 Å². The summed E-state index contributed by atoms with van der Waals surface area (Å²) >= 11 is 0. The number of likely N-dealkylation sites (tertiary alicyclic amines) is 1. The molecule has 2 aromatic rings. The number of hydrogen-bond acceptors (Lipinski definition) is 6. The van der Waals surface area contributed by atoms with E-state index >= 15 is 0 Å². The number of ether oxygens (including phenoxy) is 1. The van der Waals surface area contributed by atoms with Crippen LogP contribution in [0.4, 0.5) is 35.0 Å². The van der Waals surface area contributed by atoms with Crippen molar-refractivity contribution >= 4 is 17.5 Å². The number of nitrogens with zero attached hydrogens (tertiary/aromatic N) is 3. The Morgan fingerprint density at radius 1 is 1.10 bits per heavy atom. The quantitative estimate of drug-likeness (QED) is 0.668. The summed E-state index contributed by atoms with van der Waals surface area (Å²) in [5, 5.41) is 5.57. The van der Waals surface area contributed by atoms with Crippen molar-refractivity contribution in [3.8, 4) is 5.75 Å². The maximum Gasteiger partial charge on any atom is 0.421 e. The van der Waals surface area contributed by atoms with Gasteiger partial charge in [0.1, 0.15) is 29.1 Å². The van der Waals surface area contributed by atoms with Crippen molar-refractivity contribution in [3.05, 3.63) is 35.8 Å². The Balaban J connectivity index is 1.51. The summed E-state index contributed by atoms with van der Waals surface area (Å²) in [4.78, 5) is 9.94. The van der Waals surface area contributed by atoms with Crippen molar-refractivity contribution in [3.63, 3.8) is 0 Å². The summed E-state index contributed by atoms with van der Waals surface area (Å²) in [7, 11) is 2.04. The molecule has 1 aromatic heterocycles. The van der Waals surface area contributed by atoms with Gasteiger partial charge in [0.2, 0.25) is 5.95 Å². The van der Waals surface area contributed by atoms with Crippen LogP contribution in [0.5, 0.6) is 5.75 Å². The van der Waals surface area contributed by atoms with Gasteiger partial charge in [0.25, 0.3) is 0 Å². The van der Waals surface area contributed by atoms with E-state index in [0.717, 1.165) is 45.0 Å². The standard InChI is InChI=1S/C20H23F4N5O/c1-29-6-4-15(5-7-29)30-16-9-12(21)8-14(10-16)27-19-25-11-17(20(22,23)24)18(28-19)26-13-2-3-13/h8-11,13,15H,2-7H2,1H3,(H2,25,26,27,28). The van der Waals surface area contributed by atoms with Gasteiger partial charge >= 0.3 is 6.18 Å². The smallest absolute Gasteiger partial charge is 0.421 e. The third-order valence-corrected chi connectivity index (χ3v) is 5.11. The highest BCUT2D eigenvalue weighted by Gasteiger charge is 2.37. The fourth-order valence-electron chi connectivity index (χ4n) is 3.31. The van der Waals surface area contributed by atoms with Crippen LogP contribution < -0.4 is 15.4 Å². The molecule has 162 valence electrons. The fraction of sp³-hybridized carbons (Fsp3) is 0.500. The molecule has 0 amide bonds. The molecule has 0 bridgehead atoms. The second-order valence-electron chi connectivity index (χ2n) is 7.79. The van der Waals surface area contributed by atoms with Gasteiger partial charge in [0, 0.05) is 43.1 Å². The van der Waals surface area contributed by atoms with Crippen LogP contribution in [0.15, 0.2) is 24.4 Å². The predicted octanol–water partition coefficient (Wildman–Crippen LogP) is 4.43. The molecule has 6 nitrogen and oxygen atoms in total. The minimum atomic E-state index is -4.57. The average molecular weight is 425 g/mol. The number of aromatic nitrogens is 2. The molecule has 4 rings (SSSR count). The highest BCUT2D eigenvalue weighted by Crippen LogP contribution is 2.36. The van der Waals surface area contributed by atoms with E-state index in [2.05, 4.69) is 25.5 Å². The molecular weight excluding hydrogens is 402 g/mol. The second kappa shape index (κ2) is 8.25. The number of nitrogens with one attached hydrogen (secondary N) is 2. The number of rotatable bonds is 6. The number of benzene rings is 1. The van der Waals surface area contributed by atoms with Gasteiger partial charge < -0.3 is 20.3 Å². The van der Waals surface area contributed by atoms with Gasteiger partial charge in [0.15, 0.2) is 0 Å². The van der Waals surface area contributed by atoms with Crippen molar-refractivity contribution in [2.45, 2.75) is 44.0 Å². The van der Waals surface area contributed by atoms with Crippen LogP contribution in [0, 0.1) is 5.82 Å². The lowest BCUT2D eigenvalue weighted by Crippen LogP contribution is -2.35. The molecule has 1 aliphatic carbocycles. The first-order chi connectivity index (χ1) is 14.3. The molecule has 0 atom stereocenters. The Labute approximate surface area is 171 Å². The van der Waals surface area contributed by atoms with Crippen molar-refractivity contribution in [1.29, 1.82) is 0 Å². The topological polar surface area (TPSA) is 62.3 Å². The molecule has 2 heterocycles. The Hall–Kier alpha value is -2.62. The molecule has 0 unspecified atom stereocenters. The number of anilines is 3. The Morgan fingerprint density at radius 3 is 2.50 bits per heavy atom. The van der Waals surface area contributed by atoms with Crippen molar-refractivity contribution in [1.82, 2.24) is 14.9 Å². The normalized spacial score (nSPS) is 18.3. The van der Waals surface area contributed by atoms with Gasteiger partial charge in [-0.05, 0) is 38.8 Å². The number of alkyl halides is 3. The van der Waals surface area contributed by atoms with E-state index in [0.29, 0.717) is 11.4 Å². The molecule has 2 N–H and O–H groups in total. The molecule has 1 aliphatic heterocycles. The zero-order valence-corrected chi connectivity index (χ0v) is 16.5. The second-order valence-corrected chi connectivity index (χ2v) is 7.79. The summed E-state index contributed by atoms with van der Waals surface area (Å²) < 4.78 is 59.7. The Kier molecular flexibility index (Phi) is 5.68. The number of halogens is 4. The van der Waals surface area contributed by atoms with Crippen molar-refractivity contribution < 1.29 is 22.3 Å². The van der Waals surface area contributed by atoms with E-state index in [9.17, 15) is 17.6 Å². The van der Waals surface area contributed by atoms with Crippen molar-refractivity contribution in [2.24, 2.45) is 0 Å². The lowest BCUT2D eigenvalue weighted by Gasteiger charge is -2.29. The van der Waals surface area contributed by atoms with Crippen LogP contribution >= 0.6 is 0 Å². The van der Waals surface area contributed by atoms with Gasteiger partial charge in [0.05, 0.1) is 0 Å².